The van der Waals surface area contributed by atoms with Crippen LogP contribution in [0.2, 0.25) is 0 Å². The summed E-state index contributed by atoms with van der Waals surface area (Å²) >= 11 is 9.10. The molecule has 0 aliphatic heterocycles. The summed E-state index contributed by atoms with van der Waals surface area (Å²) in [6, 6.07) is 0. The zero-order valence-corrected chi connectivity index (χ0v) is 10.6. The second-order valence-electron chi connectivity index (χ2n) is 3.79. The van der Waals surface area contributed by atoms with Crippen LogP contribution in [-0.2, 0) is 0 Å². The first-order valence-electron chi connectivity index (χ1n) is 4.83. The molecule has 0 aromatic carbocycles. The maximum absolute atomic E-state index is 5.82. The molecule has 13 heavy (non-hydrogen) atoms. The largest absolute Gasteiger partial charge is 0.0836 e. The fourth-order valence-corrected chi connectivity index (χ4v) is 2.22. The predicted molar refractivity (Wildman–Crippen MR) is 63.2 cm³/mol. The summed E-state index contributed by atoms with van der Waals surface area (Å²) < 4.78 is 0.718. The normalized spacial score (nSPS) is 26.2. The van der Waals surface area contributed by atoms with Crippen molar-refractivity contribution in [1.82, 2.24) is 0 Å². The van der Waals surface area contributed by atoms with E-state index in [0.717, 1.165) is 9.86 Å². The van der Waals surface area contributed by atoms with E-state index in [1.165, 1.54) is 36.8 Å². The van der Waals surface area contributed by atoms with Gasteiger partial charge in [-0.1, -0.05) is 30.5 Å². The van der Waals surface area contributed by atoms with E-state index >= 15 is 0 Å². The van der Waals surface area contributed by atoms with Crippen LogP contribution in [0, 0.1) is 5.92 Å². The van der Waals surface area contributed by atoms with Gasteiger partial charge in [0.1, 0.15) is 0 Å². The summed E-state index contributed by atoms with van der Waals surface area (Å²) in [7, 11) is 0. The Morgan fingerprint density at radius 3 is 2.85 bits per heavy atom. The molecule has 0 spiro atoms. The second kappa shape index (κ2) is 5.21. The Hall–Kier alpha value is 0.250. The molecule has 1 aliphatic carbocycles. The summed E-state index contributed by atoms with van der Waals surface area (Å²) in [6.45, 7) is 4.53. The predicted octanol–water partition coefficient (Wildman–Crippen LogP) is 4.99. The molecule has 1 atom stereocenters. The van der Waals surface area contributed by atoms with Gasteiger partial charge in [-0.05, 0) is 59.7 Å². The van der Waals surface area contributed by atoms with E-state index in [-0.39, 0.29) is 0 Å². The summed E-state index contributed by atoms with van der Waals surface area (Å²) in [5.74, 6) is 0.720. The highest BCUT2D eigenvalue weighted by Crippen LogP contribution is 2.30. The third-order valence-electron chi connectivity index (χ3n) is 2.86. The fourth-order valence-electron chi connectivity index (χ4n) is 1.81. The van der Waals surface area contributed by atoms with E-state index in [4.69, 9.17) is 11.6 Å². The summed E-state index contributed by atoms with van der Waals surface area (Å²) in [4.78, 5) is 0. The van der Waals surface area contributed by atoms with Crippen molar-refractivity contribution in [3.8, 4) is 0 Å². The molecule has 0 aromatic heterocycles. The Kier molecular flexibility index (Phi) is 4.54. The number of halogens is 2. The lowest BCUT2D eigenvalue weighted by molar-refractivity contribution is 0.583. The topological polar surface area (TPSA) is 0 Å². The highest BCUT2D eigenvalue weighted by Gasteiger charge is 2.12. The molecule has 0 heterocycles. The van der Waals surface area contributed by atoms with Crippen molar-refractivity contribution in [2.45, 2.75) is 39.5 Å². The number of allylic oxidation sites excluding steroid dienone is 3. The van der Waals surface area contributed by atoms with Crippen molar-refractivity contribution in [2.24, 2.45) is 5.92 Å². The van der Waals surface area contributed by atoms with Gasteiger partial charge in [-0.3, -0.25) is 0 Å². The van der Waals surface area contributed by atoms with E-state index in [1.54, 1.807) is 0 Å². The molecule has 2 heteroatoms. The average molecular weight is 264 g/mol. The van der Waals surface area contributed by atoms with Gasteiger partial charge in [0.15, 0.2) is 0 Å². The van der Waals surface area contributed by atoms with Crippen molar-refractivity contribution in [1.29, 1.82) is 0 Å². The molecular formula is C11H16BrCl. The lowest BCUT2D eigenvalue weighted by Gasteiger charge is -2.11. The van der Waals surface area contributed by atoms with Crippen LogP contribution in [0.25, 0.3) is 0 Å². The molecule has 0 saturated carbocycles. The SMILES string of the molecule is CC1=C(C=C(Cl)Br)CCCCC1C. The highest BCUT2D eigenvalue weighted by molar-refractivity contribution is 9.12. The monoisotopic (exact) mass is 262 g/mol. The minimum absolute atomic E-state index is 0.718. The average Bonchev–Trinajstić information content (AvgIpc) is 2.19. The van der Waals surface area contributed by atoms with Crippen LogP contribution in [0.4, 0.5) is 0 Å². The molecule has 0 aromatic rings. The Bertz CT molecular complexity index is 236. The zero-order chi connectivity index (χ0) is 9.84. The van der Waals surface area contributed by atoms with E-state index in [0.29, 0.717) is 0 Å². The number of hydrogen-bond donors (Lipinski definition) is 0. The minimum atomic E-state index is 0.718. The number of hydrogen-bond acceptors (Lipinski definition) is 0. The molecule has 1 unspecified atom stereocenters. The molecule has 0 N–H and O–H groups in total. The molecule has 0 nitrogen and oxygen atoms in total. The van der Waals surface area contributed by atoms with Gasteiger partial charge in [0, 0.05) is 0 Å². The number of rotatable bonds is 1. The Labute approximate surface area is 94.2 Å². The molecule has 74 valence electrons. The maximum Gasteiger partial charge on any atom is 0.0836 e. The third-order valence-corrected chi connectivity index (χ3v) is 3.20. The molecule has 1 aliphatic rings. The first-order valence-corrected chi connectivity index (χ1v) is 6.00. The van der Waals surface area contributed by atoms with Crippen LogP contribution in [0.3, 0.4) is 0 Å². The van der Waals surface area contributed by atoms with Gasteiger partial charge >= 0.3 is 0 Å². The Balaban J connectivity index is 2.88. The van der Waals surface area contributed by atoms with Crippen LogP contribution in [0.1, 0.15) is 39.5 Å². The van der Waals surface area contributed by atoms with Crippen molar-refractivity contribution < 1.29 is 0 Å². The highest BCUT2D eigenvalue weighted by atomic mass is 79.9. The Morgan fingerprint density at radius 2 is 2.23 bits per heavy atom. The van der Waals surface area contributed by atoms with Gasteiger partial charge in [-0.25, -0.2) is 0 Å². The second-order valence-corrected chi connectivity index (χ2v) is 5.51. The minimum Gasteiger partial charge on any atom is -0.0761 e. The van der Waals surface area contributed by atoms with Crippen LogP contribution in [0.15, 0.2) is 21.2 Å². The van der Waals surface area contributed by atoms with E-state index in [9.17, 15) is 0 Å². The lowest BCUT2D eigenvalue weighted by atomic mass is 9.96. The van der Waals surface area contributed by atoms with E-state index in [1.807, 2.05) is 0 Å². The molecule has 0 radical (unpaired) electrons. The smallest absolute Gasteiger partial charge is 0.0761 e. The van der Waals surface area contributed by atoms with Crippen molar-refractivity contribution in [3.05, 3.63) is 21.2 Å². The summed E-state index contributed by atoms with van der Waals surface area (Å²) in [5.41, 5.74) is 2.93. The van der Waals surface area contributed by atoms with Crippen LogP contribution < -0.4 is 0 Å². The summed E-state index contributed by atoms with van der Waals surface area (Å²) in [6.07, 6.45) is 7.19. The van der Waals surface area contributed by atoms with Gasteiger partial charge in [-0.15, -0.1) is 0 Å². The van der Waals surface area contributed by atoms with Gasteiger partial charge in [0.05, 0.1) is 3.94 Å². The standard InChI is InChI=1S/C11H16BrCl/c1-8-5-3-4-6-10(9(8)2)7-11(12)13/h7-8H,3-6H2,1-2H3. The molecule has 0 bridgehead atoms. The third kappa shape index (κ3) is 3.47. The first-order chi connectivity index (χ1) is 6.11. The van der Waals surface area contributed by atoms with Crippen LogP contribution in [-0.4, -0.2) is 0 Å². The zero-order valence-electron chi connectivity index (χ0n) is 8.24. The van der Waals surface area contributed by atoms with E-state index < -0.39 is 0 Å². The van der Waals surface area contributed by atoms with Crippen LogP contribution >= 0.6 is 27.5 Å². The Morgan fingerprint density at radius 1 is 1.54 bits per heavy atom. The van der Waals surface area contributed by atoms with Crippen LogP contribution in [0.5, 0.6) is 0 Å². The molecular weight excluding hydrogens is 247 g/mol. The molecule has 1 rings (SSSR count). The van der Waals surface area contributed by atoms with Crippen molar-refractivity contribution in [2.75, 3.05) is 0 Å². The van der Waals surface area contributed by atoms with Gasteiger partial charge in [0.25, 0.3) is 0 Å². The van der Waals surface area contributed by atoms with Gasteiger partial charge in [0.2, 0.25) is 0 Å². The van der Waals surface area contributed by atoms with E-state index in [2.05, 4.69) is 35.9 Å². The fraction of sp³-hybridized carbons (Fsp3) is 0.636. The van der Waals surface area contributed by atoms with Gasteiger partial charge in [-0.2, -0.15) is 0 Å². The summed E-state index contributed by atoms with van der Waals surface area (Å²) in [5, 5.41) is 0. The molecule has 0 saturated heterocycles. The molecule has 0 amide bonds. The van der Waals surface area contributed by atoms with Crippen molar-refractivity contribution >= 4 is 27.5 Å². The van der Waals surface area contributed by atoms with Crippen molar-refractivity contribution in [3.63, 3.8) is 0 Å². The molecule has 0 fully saturated rings. The quantitative estimate of drug-likeness (QED) is 0.625. The maximum atomic E-state index is 5.82. The van der Waals surface area contributed by atoms with Gasteiger partial charge < -0.3 is 0 Å². The lowest BCUT2D eigenvalue weighted by Crippen LogP contribution is -1.95. The first kappa shape index (κ1) is 11.3.